The van der Waals surface area contributed by atoms with Gasteiger partial charge in [0.2, 0.25) is 5.91 Å². The second-order valence-corrected chi connectivity index (χ2v) is 6.81. The Kier molecular flexibility index (Phi) is 7.67. The fraction of sp³-hybridized carbons (Fsp3) is 0.333. The molecule has 0 fully saturated rings. The van der Waals surface area contributed by atoms with Crippen LogP contribution in [0.5, 0.6) is 5.75 Å². The van der Waals surface area contributed by atoms with Gasteiger partial charge in [-0.15, -0.1) is 11.6 Å². The van der Waals surface area contributed by atoms with Gasteiger partial charge in [0.1, 0.15) is 17.2 Å². The number of carbonyl (C=O) groups excluding carboxylic acids is 2. The predicted octanol–water partition coefficient (Wildman–Crippen LogP) is 3.44. The van der Waals surface area contributed by atoms with Gasteiger partial charge in [-0.05, 0) is 30.2 Å². The number of amides is 1. The number of hydrogen-bond donors (Lipinski definition) is 0. The Balaban J connectivity index is 2.34. The molecule has 0 saturated heterocycles. The van der Waals surface area contributed by atoms with Crippen molar-refractivity contribution in [2.75, 3.05) is 14.2 Å². The maximum Gasteiger partial charge on any atom is 0.328 e. The summed E-state index contributed by atoms with van der Waals surface area (Å²) in [6.07, 6.45) is 0.346. The smallest absolute Gasteiger partial charge is 0.328 e. The van der Waals surface area contributed by atoms with Crippen molar-refractivity contribution >= 4 is 23.5 Å². The Morgan fingerprint density at radius 3 is 2.15 bits per heavy atom. The number of halogens is 1. The lowest BCUT2D eigenvalue weighted by Crippen LogP contribution is -2.48. The molecule has 27 heavy (non-hydrogen) atoms. The Labute approximate surface area is 164 Å². The zero-order valence-electron chi connectivity index (χ0n) is 15.7. The lowest BCUT2D eigenvalue weighted by molar-refractivity contribution is -0.153. The Morgan fingerprint density at radius 1 is 1.00 bits per heavy atom. The van der Waals surface area contributed by atoms with Crippen molar-refractivity contribution in [2.45, 2.75) is 31.3 Å². The van der Waals surface area contributed by atoms with Gasteiger partial charge in [0.25, 0.3) is 0 Å². The summed E-state index contributed by atoms with van der Waals surface area (Å²) < 4.78 is 10.1. The molecule has 0 radical (unpaired) electrons. The number of rotatable bonds is 8. The topological polar surface area (TPSA) is 55.8 Å². The van der Waals surface area contributed by atoms with Crippen molar-refractivity contribution < 1.29 is 19.1 Å². The van der Waals surface area contributed by atoms with Crippen LogP contribution in [0.25, 0.3) is 0 Å². The van der Waals surface area contributed by atoms with Crippen LogP contribution in [0.4, 0.5) is 0 Å². The monoisotopic (exact) mass is 389 g/mol. The largest absolute Gasteiger partial charge is 0.497 e. The third-order valence-corrected chi connectivity index (χ3v) is 4.44. The summed E-state index contributed by atoms with van der Waals surface area (Å²) in [6, 6.07) is 16.1. The minimum absolute atomic E-state index is 0.243. The maximum absolute atomic E-state index is 12.8. The van der Waals surface area contributed by atoms with Crippen LogP contribution in [0.1, 0.15) is 18.1 Å². The quantitative estimate of drug-likeness (QED) is 0.512. The molecule has 0 bridgehead atoms. The average Bonchev–Trinajstić information content (AvgIpc) is 2.70. The zero-order valence-corrected chi connectivity index (χ0v) is 16.5. The molecule has 144 valence electrons. The lowest BCUT2D eigenvalue weighted by Gasteiger charge is -2.31. The van der Waals surface area contributed by atoms with Gasteiger partial charge >= 0.3 is 5.97 Å². The maximum atomic E-state index is 12.8. The molecular formula is C21H24ClNO4. The molecule has 0 saturated carbocycles. The van der Waals surface area contributed by atoms with Crippen LogP contribution in [-0.2, 0) is 27.3 Å². The minimum atomic E-state index is -0.770. The molecule has 0 heterocycles. The van der Waals surface area contributed by atoms with E-state index in [1.165, 1.54) is 12.0 Å². The van der Waals surface area contributed by atoms with Crippen LogP contribution in [0, 0.1) is 0 Å². The van der Waals surface area contributed by atoms with Crippen molar-refractivity contribution in [3.05, 3.63) is 65.7 Å². The first kappa shape index (κ1) is 20.8. The van der Waals surface area contributed by atoms with Gasteiger partial charge in [-0.25, -0.2) is 4.79 Å². The van der Waals surface area contributed by atoms with Gasteiger partial charge in [-0.1, -0.05) is 42.5 Å². The van der Waals surface area contributed by atoms with Crippen LogP contribution in [0.3, 0.4) is 0 Å². The number of hydrogen-bond acceptors (Lipinski definition) is 4. The predicted molar refractivity (Wildman–Crippen MR) is 105 cm³/mol. The summed E-state index contributed by atoms with van der Waals surface area (Å²) >= 11 is 6.07. The summed E-state index contributed by atoms with van der Waals surface area (Å²) in [4.78, 5) is 26.8. The molecule has 2 aromatic carbocycles. The van der Waals surface area contributed by atoms with Crippen molar-refractivity contribution in [1.29, 1.82) is 0 Å². The fourth-order valence-corrected chi connectivity index (χ4v) is 2.92. The highest BCUT2D eigenvalue weighted by Crippen LogP contribution is 2.19. The number of methoxy groups -OCH3 is 2. The molecule has 0 aromatic heterocycles. The molecule has 0 unspecified atom stereocenters. The first-order valence-electron chi connectivity index (χ1n) is 8.65. The van der Waals surface area contributed by atoms with E-state index in [4.69, 9.17) is 21.1 Å². The van der Waals surface area contributed by atoms with Crippen LogP contribution < -0.4 is 4.74 Å². The number of nitrogens with zero attached hydrogens (tertiary/aromatic N) is 1. The summed E-state index contributed by atoms with van der Waals surface area (Å²) in [6.45, 7) is 1.84. The normalized spacial score (nSPS) is 12.7. The van der Waals surface area contributed by atoms with Crippen molar-refractivity contribution in [1.82, 2.24) is 4.90 Å². The standard InChI is InChI=1S/C21H24ClNO4/c1-15(22)20(24)23(14-17-9-11-18(26-2)12-10-17)19(21(25)27-3)13-16-7-5-4-6-8-16/h4-12,15,19H,13-14H2,1-3H3/t15-,19-/m1/s1. The molecule has 0 aliphatic heterocycles. The van der Waals surface area contributed by atoms with Gasteiger partial charge in [0.05, 0.1) is 14.2 Å². The van der Waals surface area contributed by atoms with Gasteiger partial charge < -0.3 is 14.4 Å². The van der Waals surface area contributed by atoms with E-state index in [-0.39, 0.29) is 12.5 Å². The van der Waals surface area contributed by atoms with Crippen LogP contribution in [0.2, 0.25) is 0 Å². The molecule has 0 spiro atoms. The number of alkyl halides is 1. The van der Waals surface area contributed by atoms with E-state index < -0.39 is 17.4 Å². The summed E-state index contributed by atoms with van der Waals surface area (Å²) in [5.41, 5.74) is 1.80. The van der Waals surface area contributed by atoms with Gasteiger partial charge in [0.15, 0.2) is 0 Å². The van der Waals surface area contributed by atoms with E-state index >= 15 is 0 Å². The molecule has 0 aliphatic rings. The van der Waals surface area contributed by atoms with E-state index in [1.54, 1.807) is 14.0 Å². The van der Waals surface area contributed by atoms with Crippen molar-refractivity contribution in [3.8, 4) is 5.75 Å². The number of carbonyl (C=O) groups is 2. The first-order chi connectivity index (χ1) is 13.0. The van der Waals surface area contributed by atoms with Crippen LogP contribution in [0.15, 0.2) is 54.6 Å². The van der Waals surface area contributed by atoms with Crippen LogP contribution in [-0.4, -0.2) is 42.4 Å². The SMILES string of the molecule is COC(=O)[C@@H](Cc1ccccc1)N(Cc1ccc(OC)cc1)C(=O)[C@@H](C)Cl. The van der Waals surface area contributed by atoms with Gasteiger partial charge in [0, 0.05) is 13.0 Å². The summed E-state index contributed by atoms with van der Waals surface area (Å²) in [5, 5.41) is -0.758. The van der Waals surface area contributed by atoms with Gasteiger partial charge in [-0.3, -0.25) is 4.79 Å². The van der Waals surface area contributed by atoms with E-state index in [0.29, 0.717) is 6.42 Å². The van der Waals surface area contributed by atoms with E-state index in [0.717, 1.165) is 16.9 Å². The molecule has 1 amide bonds. The molecule has 0 aliphatic carbocycles. The Morgan fingerprint density at radius 2 is 1.63 bits per heavy atom. The second-order valence-electron chi connectivity index (χ2n) is 6.16. The average molecular weight is 390 g/mol. The fourth-order valence-electron chi connectivity index (χ4n) is 2.79. The third kappa shape index (κ3) is 5.73. The Bertz CT molecular complexity index is 747. The van der Waals surface area contributed by atoms with Crippen molar-refractivity contribution in [2.24, 2.45) is 0 Å². The third-order valence-electron chi connectivity index (χ3n) is 4.26. The van der Waals surface area contributed by atoms with E-state index in [1.807, 2.05) is 54.6 Å². The lowest BCUT2D eigenvalue weighted by atomic mass is 10.0. The number of esters is 1. The molecule has 2 rings (SSSR count). The minimum Gasteiger partial charge on any atom is -0.497 e. The summed E-state index contributed by atoms with van der Waals surface area (Å²) in [5.74, 6) is -0.0759. The highest BCUT2D eigenvalue weighted by Gasteiger charge is 2.32. The van der Waals surface area contributed by atoms with Crippen LogP contribution >= 0.6 is 11.6 Å². The highest BCUT2D eigenvalue weighted by molar-refractivity contribution is 6.30. The molecule has 0 N–H and O–H groups in total. The molecule has 5 nitrogen and oxygen atoms in total. The number of ether oxygens (including phenoxy) is 2. The molecule has 2 aromatic rings. The highest BCUT2D eigenvalue weighted by atomic mass is 35.5. The Hall–Kier alpha value is -2.53. The van der Waals surface area contributed by atoms with Crippen molar-refractivity contribution in [3.63, 3.8) is 0 Å². The molecule has 6 heteroatoms. The molecular weight excluding hydrogens is 366 g/mol. The zero-order chi connectivity index (χ0) is 19.8. The first-order valence-corrected chi connectivity index (χ1v) is 9.09. The van der Waals surface area contributed by atoms with Gasteiger partial charge in [-0.2, -0.15) is 0 Å². The number of benzene rings is 2. The summed E-state index contributed by atoms with van der Waals surface area (Å²) in [7, 11) is 2.91. The second kappa shape index (κ2) is 9.97. The van der Waals surface area contributed by atoms with E-state index in [2.05, 4.69) is 0 Å². The molecule has 2 atom stereocenters. The van der Waals surface area contributed by atoms with E-state index in [9.17, 15) is 9.59 Å².